The van der Waals surface area contributed by atoms with Gasteiger partial charge in [0.25, 0.3) is 5.91 Å². The fourth-order valence-corrected chi connectivity index (χ4v) is 4.43. The number of aromatic nitrogens is 2. The van der Waals surface area contributed by atoms with Crippen molar-refractivity contribution in [2.24, 2.45) is 0 Å². The van der Waals surface area contributed by atoms with Crippen molar-refractivity contribution in [1.82, 2.24) is 14.9 Å². The average Bonchev–Trinajstić information content (AvgIpc) is 3.38. The van der Waals surface area contributed by atoms with E-state index in [9.17, 15) is 9.59 Å². The molecule has 1 aliphatic rings. The van der Waals surface area contributed by atoms with Crippen molar-refractivity contribution in [2.45, 2.75) is 0 Å². The van der Waals surface area contributed by atoms with Crippen LogP contribution in [0.25, 0.3) is 10.2 Å². The normalized spacial score (nSPS) is 13.3. The minimum atomic E-state index is -0.306. The molecule has 3 heterocycles. The van der Waals surface area contributed by atoms with Gasteiger partial charge in [0, 0.05) is 36.1 Å². The van der Waals surface area contributed by atoms with Gasteiger partial charge < -0.3 is 25.0 Å². The summed E-state index contributed by atoms with van der Waals surface area (Å²) in [4.78, 5) is 35.3. The standard InChI is InChI=1S/C26H23N5O4S/c1-2-22(32)27-19-4-3-5-20(16-19)35-24-23-21(10-15-36-23)29-26(30-24)28-18-8-6-17(7-9-18)25(33)31-11-13-34-14-12-31/h2-10,15-16H,1,11-14H2,(H,27,32)(H,28,29,30). The van der Waals surface area contributed by atoms with E-state index < -0.39 is 0 Å². The molecule has 9 nitrogen and oxygen atoms in total. The van der Waals surface area contributed by atoms with Crippen LogP contribution in [-0.4, -0.2) is 53.0 Å². The second-order valence-corrected chi connectivity index (χ2v) is 8.83. The van der Waals surface area contributed by atoms with Crippen molar-refractivity contribution in [3.8, 4) is 11.6 Å². The SMILES string of the molecule is C=CC(=O)Nc1cccc(Oc2nc(Nc3ccc(C(=O)N4CCOCC4)cc3)nc3ccsc23)c1. The van der Waals surface area contributed by atoms with Crippen LogP contribution >= 0.6 is 11.3 Å². The average molecular weight is 502 g/mol. The number of hydrogen-bond donors (Lipinski definition) is 2. The molecule has 0 unspecified atom stereocenters. The smallest absolute Gasteiger partial charge is 0.254 e. The zero-order valence-electron chi connectivity index (χ0n) is 19.3. The van der Waals surface area contributed by atoms with E-state index >= 15 is 0 Å². The van der Waals surface area contributed by atoms with Crippen molar-refractivity contribution >= 4 is 50.7 Å². The van der Waals surface area contributed by atoms with E-state index in [1.54, 1.807) is 41.3 Å². The van der Waals surface area contributed by atoms with Gasteiger partial charge in [-0.2, -0.15) is 4.98 Å². The molecule has 2 amide bonds. The molecule has 1 fully saturated rings. The topological polar surface area (TPSA) is 106 Å². The zero-order valence-corrected chi connectivity index (χ0v) is 20.1. The van der Waals surface area contributed by atoms with Gasteiger partial charge in [0.15, 0.2) is 0 Å². The molecule has 0 bridgehead atoms. The lowest BCUT2D eigenvalue weighted by molar-refractivity contribution is -0.111. The number of thiophene rings is 1. The summed E-state index contributed by atoms with van der Waals surface area (Å²) in [5, 5.41) is 7.83. The van der Waals surface area contributed by atoms with Crippen molar-refractivity contribution in [3.63, 3.8) is 0 Å². The van der Waals surface area contributed by atoms with Crippen LogP contribution in [0.15, 0.2) is 72.6 Å². The number of morpholine rings is 1. The molecule has 36 heavy (non-hydrogen) atoms. The van der Waals surface area contributed by atoms with Crippen LogP contribution in [0.3, 0.4) is 0 Å². The van der Waals surface area contributed by atoms with Gasteiger partial charge in [-0.25, -0.2) is 4.98 Å². The third kappa shape index (κ3) is 5.35. The lowest BCUT2D eigenvalue weighted by Crippen LogP contribution is -2.40. The van der Waals surface area contributed by atoms with Crippen LogP contribution in [0, 0.1) is 0 Å². The second-order valence-electron chi connectivity index (χ2n) is 7.92. The number of carbonyl (C=O) groups excluding carboxylic acids is 2. The molecular weight excluding hydrogens is 478 g/mol. The molecule has 2 N–H and O–H groups in total. The highest BCUT2D eigenvalue weighted by atomic mass is 32.1. The van der Waals surface area contributed by atoms with Crippen LogP contribution in [0.4, 0.5) is 17.3 Å². The predicted molar refractivity (Wildman–Crippen MR) is 139 cm³/mol. The maximum Gasteiger partial charge on any atom is 0.254 e. The molecule has 0 atom stereocenters. The van der Waals surface area contributed by atoms with E-state index in [4.69, 9.17) is 9.47 Å². The minimum absolute atomic E-state index is 0.0111. The first-order chi connectivity index (χ1) is 17.6. The van der Waals surface area contributed by atoms with Crippen LogP contribution in [0.2, 0.25) is 0 Å². The van der Waals surface area contributed by atoms with E-state index in [0.717, 1.165) is 15.9 Å². The van der Waals surface area contributed by atoms with E-state index in [-0.39, 0.29) is 11.8 Å². The summed E-state index contributed by atoms with van der Waals surface area (Å²) in [5.74, 6) is 0.951. The van der Waals surface area contributed by atoms with Gasteiger partial charge in [0.2, 0.25) is 17.7 Å². The van der Waals surface area contributed by atoms with E-state index in [2.05, 4.69) is 27.2 Å². The quantitative estimate of drug-likeness (QED) is 0.350. The lowest BCUT2D eigenvalue weighted by Gasteiger charge is -2.26. The Morgan fingerprint density at radius 2 is 1.86 bits per heavy atom. The van der Waals surface area contributed by atoms with Crippen molar-refractivity contribution in [1.29, 1.82) is 0 Å². The Morgan fingerprint density at radius 3 is 2.64 bits per heavy atom. The number of carbonyl (C=O) groups is 2. The third-order valence-electron chi connectivity index (χ3n) is 5.46. The molecule has 1 aliphatic heterocycles. The van der Waals surface area contributed by atoms with Crippen molar-refractivity contribution in [2.75, 3.05) is 36.9 Å². The Labute approximate surface area is 211 Å². The van der Waals surface area contributed by atoms with Gasteiger partial charge in [-0.05, 0) is 53.9 Å². The first-order valence-corrected chi connectivity index (χ1v) is 12.2. The molecule has 5 rings (SSSR count). The van der Waals surface area contributed by atoms with Crippen LogP contribution in [-0.2, 0) is 9.53 Å². The number of hydrogen-bond acceptors (Lipinski definition) is 8. The zero-order chi connectivity index (χ0) is 24.9. The molecule has 0 saturated carbocycles. The van der Waals surface area contributed by atoms with Gasteiger partial charge in [-0.1, -0.05) is 12.6 Å². The second kappa shape index (κ2) is 10.5. The number of amides is 2. The molecule has 4 aromatic rings. The molecule has 2 aromatic heterocycles. The van der Waals surface area contributed by atoms with Crippen LogP contribution < -0.4 is 15.4 Å². The molecule has 0 radical (unpaired) electrons. The molecule has 1 saturated heterocycles. The number of rotatable bonds is 7. The Kier molecular flexibility index (Phi) is 6.87. The third-order valence-corrected chi connectivity index (χ3v) is 6.35. The Balaban J connectivity index is 1.34. The highest BCUT2D eigenvalue weighted by Crippen LogP contribution is 2.33. The van der Waals surface area contributed by atoms with Gasteiger partial charge in [-0.15, -0.1) is 11.3 Å². The number of benzene rings is 2. The fraction of sp³-hybridized carbons (Fsp3) is 0.154. The maximum atomic E-state index is 12.7. The number of fused-ring (bicyclic) bond motifs is 1. The first kappa shape index (κ1) is 23.5. The molecule has 2 aromatic carbocycles. The summed E-state index contributed by atoms with van der Waals surface area (Å²) in [5.41, 5.74) is 2.67. The van der Waals surface area contributed by atoms with Crippen LogP contribution in [0.1, 0.15) is 10.4 Å². The first-order valence-electron chi connectivity index (χ1n) is 11.3. The number of anilines is 3. The Hall–Kier alpha value is -4.28. The Morgan fingerprint density at radius 1 is 1.06 bits per heavy atom. The monoisotopic (exact) mass is 501 g/mol. The summed E-state index contributed by atoms with van der Waals surface area (Å²) in [6.07, 6.45) is 1.20. The molecule has 0 aliphatic carbocycles. The maximum absolute atomic E-state index is 12.7. The van der Waals surface area contributed by atoms with E-state index in [0.29, 0.717) is 55.1 Å². The summed E-state index contributed by atoms with van der Waals surface area (Å²) in [6, 6.07) is 16.1. The molecule has 182 valence electrons. The molecular formula is C26H23N5O4S. The molecule has 0 spiro atoms. The van der Waals surface area contributed by atoms with Crippen molar-refractivity contribution < 1.29 is 19.1 Å². The fourth-order valence-electron chi connectivity index (χ4n) is 3.68. The minimum Gasteiger partial charge on any atom is -0.437 e. The van der Waals surface area contributed by atoms with Crippen molar-refractivity contribution in [3.05, 3.63) is 78.2 Å². The number of nitrogens with one attached hydrogen (secondary N) is 2. The molecule has 10 heteroatoms. The van der Waals surface area contributed by atoms with E-state index in [1.807, 2.05) is 23.6 Å². The largest absolute Gasteiger partial charge is 0.437 e. The summed E-state index contributed by atoms with van der Waals surface area (Å²) >= 11 is 1.47. The number of nitrogens with zero attached hydrogens (tertiary/aromatic N) is 3. The van der Waals surface area contributed by atoms with Gasteiger partial charge in [-0.3, -0.25) is 9.59 Å². The van der Waals surface area contributed by atoms with E-state index in [1.165, 1.54) is 17.4 Å². The van der Waals surface area contributed by atoms with Gasteiger partial charge in [0.05, 0.1) is 18.7 Å². The Bertz CT molecular complexity index is 1410. The van der Waals surface area contributed by atoms with Gasteiger partial charge in [0.1, 0.15) is 10.4 Å². The van der Waals surface area contributed by atoms with Crippen LogP contribution in [0.5, 0.6) is 11.6 Å². The summed E-state index contributed by atoms with van der Waals surface area (Å²) in [6.45, 7) is 5.78. The summed E-state index contributed by atoms with van der Waals surface area (Å²) in [7, 11) is 0. The van der Waals surface area contributed by atoms with Gasteiger partial charge >= 0.3 is 0 Å². The highest BCUT2D eigenvalue weighted by Gasteiger charge is 2.18. The number of ether oxygens (including phenoxy) is 2. The summed E-state index contributed by atoms with van der Waals surface area (Å²) < 4.78 is 12.2. The lowest BCUT2D eigenvalue weighted by atomic mass is 10.1. The highest BCUT2D eigenvalue weighted by molar-refractivity contribution is 7.17. The predicted octanol–water partition coefficient (Wildman–Crippen LogP) is 4.82.